The van der Waals surface area contributed by atoms with E-state index >= 15 is 0 Å². The van der Waals surface area contributed by atoms with Crippen LogP contribution in [0.15, 0.2) is 18.3 Å². The molecule has 1 aromatic heterocycles. The van der Waals surface area contributed by atoms with Crippen LogP contribution in [0.4, 0.5) is 5.82 Å². The van der Waals surface area contributed by atoms with Crippen molar-refractivity contribution in [1.82, 2.24) is 4.98 Å². The average Bonchev–Trinajstić information content (AvgIpc) is 2.36. The molecule has 102 valence electrons. The molecule has 1 rings (SSSR count). The van der Waals surface area contributed by atoms with Crippen molar-refractivity contribution in [3.8, 4) is 5.75 Å². The summed E-state index contributed by atoms with van der Waals surface area (Å²) in [4.78, 5) is 4.32. The molecule has 1 heterocycles. The Morgan fingerprint density at radius 3 is 2.89 bits per heavy atom. The van der Waals surface area contributed by atoms with Crippen molar-refractivity contribution >= 4 is 5.82 Å². The van der Waals surface area contributed by atoms with Gasteiger partial charge in [0.2, 0.25) is 0 Å². The van der Waals surface area contributed by atoms with Crippen LogP contribution in [0.1, 0.15) is 33.6 Å². The maximum atomic E-state index is 5.55. The van der Waals surface area contributed by atoms with Crippen LogP contribution in [-0.4, -0.2) is 24.7 Å². The summed E-state index contributed by atoms with van der Waals surface area (Å²) in [6.45, 7) is 8.71. The summed E-state index contributed by atoms with van der Waals surface area (Å²) in [5, 5.41) is 3.37. The molecule has 4 nitrogen and oxygen atoms in total. The zero-order valence-corrected chi connectivity index (χ0v) is 11.7. The van der Waals surface area contributed by atoms with Crippen molar-refractivity contribution in [3.63, 3.8) is 0 Å². The fourth-order valence-electron chi connectivity index (χ4n) is 1.79. The van der Waals surface area contributed by atoms with Gasteiger partial charge >= 0.3 is 0 Å². The molecular formula is C14H25N3O. The molecule has 0 atom stereocenters. The summed E-state index contributed by atoms with van der Waals surface area (Å²) in [6, 6.07) is 3.82. The normalized spacial score (nSPS) is 11.3. The first-order valence-electron chi connectivity index (χ1n) is 6.61. The third-order valence-electron chi connectivity index (χ3n) is 2.86. The lowest BCUT2D eigenvalue weighted by molar-refractivity contribution is 0.335. The van der Waals surface area contributed by atoms with Crippen molar-refractivity contribution in [2.45, 2.75) is 33.6 Å². The number of aromatic nitrogens is 1. The summed E-state index contributed by atoms with van der Waals surface area (Å²) in [5.74, 6) is 1.63. The van der Waals surface area contributed by atoms with E-state index in [1.54, 1.807) is 6.20 Å². The minimum atomic E-state index is 0.209. The van der Waals surface area contributed by atoms with Crippen LogP contribution in [0.5, 0.6) is 5.75 Å². The lowest BCUT2D eigenvalue weighted by Gasteiger charge is -2.25. The second kappa shape index (κ2) is 7.21. The smallest absolute Gasteiger partial charge is 0.168 e. The zero-order valence-electron chi connectivity index (χ0n) is 11.7. The summed E-state index contributed by atoms with van der Waals surface area (Å²) < 4.78 is 5.54. The molecule has 0 spiro atoms. The molecule has 0 amide bonds. The molecule has 0 aromatic carbocycles. The average molecular weight is 251 g/mol. The Hall–Kier alpha value is -1.29. The molecule has 0 bridgehead atoms. The molecule has 4 heteroatoms. The molecule has 0 aliphatic rings. The quantitative estimate of drug-likeness (QED) is 0.745. The Bertz CT molecular complexity index is 353. The van der Waals surface area contributed by atoms with Gasteiger partial charge in [-0.3, -0.25) is 0 Å². The van der Waals surface area contributed by atoms with Gasteiger partial charge in [-0.1, -0.05) is 13.8 Å². The molecule has 18 heavy (non-hydrogen) atoms. The highest BCUT2D eigenvalue weighted by molar-refractivity contribution is 5.49. The fraction of sp³-hybridized carbons (Fsp3) is 0.643. The van der Waals surface area contributed by atoms with Crippen molar-refractivity contribution in [2.75, 3.05) is 25.0 Å². The minimum Gasteiger partial charge on any atom is -0.490 e. The topological polar surface area (TPSA) is 60.2 Å². The maximum absolute atomic E-state index is 5.55. The van der Waals surface area contributed by atoms with Crippen molar-refractivity contribution in [3.05, 3.63) is 18.3 Å². The Morgan fingerprint density at radius 2 is 2.22 bits per heavy atom. The van der Waals surface area contributed by atoms with E-state index in [9.17, 15) is 0 Å². The molecule has 3 N–H and O–H groups in total. The predicted molar refractivity (Wildman–Crippen MR) is 76.0 cm³/mol. The van der Waals surface area contributed by atoms with E-state index < -0.39 is 0 Å². The molecule has 0 fully saturated rings. The standard InChI is InChI=1S/C14H25N3O/c1-4-18-12-7-5-10-16-13(12)17-11-14(2,3)8-6-9-15/h5,7,10H,4,6,8-9,11,15H2,1-3H3,(H,16,17). The molecule has 0 aliphatic heterocycles. The SMILES string of the molecule is CCOc1cccnc1NCC(C)(C)CCCN. The molecular weight excluding hydrogens is 226 g/mol. The van der Waals surface area contributed by atoms with Crippen molar-refractivity contribution < 1.29 is 4.74 Å². The Labute approximate surface area is 110 Å². The van der Waals surface area contributed by atoms with Gasteiger partial charge in [-0.15, -0.1) is 0 Å². The number of nitrogens with one attached hydrogen (secondary N) is 1. The van der Waals surface area contributed by atoms with E-state index in [1.165, 1.54) is 0 Å². The molecule has 0 unspecified atom stereocenters. The second-order valence-electron chi connectivity index (χ2n) is 5.19. The van der Waals surface area contributed by atoms with Crippen LogP contribution in [0.25, 0.3) is 0 Å². The first kappa shape index (κ1) is 14.8. The monoisotopic (exact) mass is 251 g/mol. The zero-order chi connectivity index (χ0) is 13.4. The van der Waals surface area contributed by atoms with Crippen LogP contribution < -0.4 is 15.8 Å². The lowest BCUT2D eigenvalue weighted by atomic mass is 9.88. The van der Waals surface area contributed by atoms with Gasteiger partial charge in [0.1, 0.15) is 0 Å². The minimum absolute atomic E-state index is 0.209. The molecule has 0 radical (unpaired) electrons. The van der Waals surface area contributed by atoms with Gasteiger partial charge in [-0.05, 0) is 43.9 Å². The van der Waals surface area contributed by atoms with Gasteiger partial charge < -0.3 is 15.8 Å². The van der Waals surface area contributed by atoms with Gasteiger partial charge in [0.15, 0.2) is 11.6 Å². The number of rotatable bonds is 8. The van der Waals surface area contributed by atoms with Crippen LogP contribution in [-0.2, 0) is 0 Å². The van der Waals surface area contributed by atoms with Gasteiger partial charge in [0.25, 0.3) is 0 Å². The highest BCUT2D eigenvalue weighted by atomic mass is 16.5. The van der Waals surface area contributed by atoms with E-state index in [2.05, 4.69) is 24.1 Å². The first-order valence-corrected chi connectivity index (χ1v) is 6.61. The number of hydrogen-bond acceptors (Lipinski definition) is 4. The van der Waals surface area contributed by atoms with Crippen molar-refractivity contribution in [2.24, 2.45) is 11.1 Å². The summed E-state index contributed by atoms with van der Waals surface area (Å²) >= 11 is 0. The van der Waals surface area contributed by atoms with E-state index in [4.69, 9.17) is 10.5 Å². The van der Waals surface area contributed by atoms with Gasteiger partial charge in [-0.25, -0.2) is 4.98 Å². The predicted octanol–water partition coefficient (Wildman–Crippen LogP) is 2.66. The highest BCUT2D eigenvalue weighted by Crippen LogP contribution is 2.26. The van der Waals surface area contributed by atoms with Crippen molar-refractivity contribution in [1.29, 1.82) is 0 Å². The number of ether oxygens (including phenoxy) is 1. The largest absolute Gasteiger partial charge is 0.490 e. The van der Waals surface area contributed by atoms with Gasteiger partial charge in [0.05, 0.1) is 6.61 Å². The third kappa shape index (κ3) is 4.92. The number of pyridine rings is 1. The lowest BCUT2D eigenvalue weighted by Crippen LogP contribution is -2.24. The highest BCUT2D eigenvalue weighted by Gasteiger charge is 2.17. The fourth-order valence-corrected chi connectivity index (χ4v) is 1.79. The Balaban J connectivity index is 2.56. The van der Waals surface area contributed by atoms with Gasteiger partial charge in [-0.2, -0.15) is 0 Å². The number of nitrogens with zero attached hydrogens (tertiary/aromatic N) is 1. The number of anilines is 1. The maximum Gasteiger partial charge on any atom is 0.168 e. The van der Waals surface area contributed by atoms with E-state index in [0.29, 0.717) is 6.61 Å². The van der Waals surface area contributed by atoms with Gasteiger partial charge in [0, 0.05) is 12.7 Å². The summed E-state index contributed by atoms with van der Waals surface area (Å²) in [5.41, 5.74) is 5.76. The Kier molecular flexibility index (Phi) is 5.92. The molecule has 0 saturated carbocycles. The molecule has 1 aromatic rings. The van der Waals surface area contributed by atoms with E-state index in [0.717, 1.165) is 37.5 Å². The van der Waals surface area contributed by atoms with E-state index in [-0.39, 0.29) is 5.41 Å². The third-order valence-corrected chi connectivity index (χ3v) is 2.86. The molecule has 0 saturated heterocycles. The van der Waals surface area contributed by atoms with Crippen LogP contribution in [0.3, 0.4) is 0 Å². The van der Waals surface area contributed by atoms with Crippen LogP contribution >= 0.6 is 0 Å². The number of hydrogen-bond donors (Lipinski definition) is 2. The molecule has 0 aliphatic carbocycles. The first-order chi connectivity index (χ1) is 8.59. The summed E-state index contributed by atoms with van der Waals surface area (Å²) in [6.07, 6.45) is 3.93. The van der Waals surface area contributed by atoms with Crippen LogP contribution in [0.2, 0.25) is 0 Å². The van der Waals surface area contributed by atoms with Crippen LogP contribution in [0, 0.1) is 5.41 Å². The second-order valence-corrected chi connectivity index (χ2v) is 5.19. The Morgan fingerprint density at radius 1 is 1.44 bits per heavy atom. The summed E-state index contributed by atoms with van der Waals surface area (Å²) in [7, 11) is 0. The van der Waals surface area contributed by atoms with E-state index in [1.807, 2.05) is 19.1 Å². The number of nitrogens with two attached hydrogens (primary N) is 1.